The first-order valence-corrected chi connectivity index (χ1v) is 9.39. The van der Waals surface area contributed by atoms with Crippen molar-refractivity contribution in [1.82, 2.24) is 5.32 Å². The number of quaternary nitrogens is 1. The summed E-state index contributed by atoms with van der Waals surface area (Å²) in [6.45, 7) is 5.52. The molecule has 0 radical (unpaired) electrons. The van der Waals surface area contributed by atoms with Gasteiger partial charge in [-0.15, -0.1) is 11.3 Å². The number of ether oxygens (including phenoxy) is 1. The van der Waals surface area contributed by atoms with Crippen LogP contribution in [-0.4, -0.2) is 50.5 Å². The Morgan fingerprint density at radius 3 is 2.58 bits per heavy atom. The second-order valence-electron chi connectivity index (χ2n) is 7.32. The fourth-order valence-corrected chi connectivity index (χ4v) is 3.92. The molecule has 0 spiro atoms. The average Bonchev–Trinajstić information content (AvgIpc) is 2.86. The van der Waals surface area contributed by atoms with E-state index >= 15 is 0 Å². The van der Waals surface area contributed by atoms with Crippen molar-refractivity contribution in [2.75, 3.05) is 32.5 Å². The van der Waals surface area contributed by atoms with Crippen molar-refractivity contribution in [3.05, 3.63) is 16.0 Å². The van der Waals surface area contributed by atoms with Crippen LogP contribution in [0.2, 0.25) is 0 Å². The summed E-state index contributed by atoms with van der Waals surface area (Å²) in [6, 6.07) is 0. The molecule has 1 aliphatic rings. The Hall–Kier alpha value is -1.97. The molecule has 3 amide bonds. The molecule has 2 rings (SSSR count). The standard InChI is InChI=1S/C17H26N4O4S/c1-17(2)8-10-11(9-25-17)26-16(12(10)13(18)22)20-15(24)14(23)19-6-5-7-21(3)4/h5-9H2,1-4H3,(H2,18,22)(H,19,23)(H,20,24)/p+1. The number of rotatable bonds is 6. The van der Waals surface area contributed by atoms with E-state index in [1.54, 1.807) is 0 Å². The first-order chi connectivity index (χ1) is 12.1. The Morgan fingerprint density at radius 1 is 1.27 bits per heavy atom. The number of carbonyl (C=O) groups is 3. The molecule has 1 aromatic heterocycles. The molecule has 0 atom stereocenters. The number of hydrogen-bond acceptors (Lipinski definition) is 5. The van der Waals surface area contributed by atoms with Crippen molar-refractivity contribution in [2.45, 2.75) is 38.9 Å². The largest absolute Gasteiger partial charge is 0.370 e. The number of primary amides is 1. The minimum absolute atomic E-state index is 0.277. The van der Waals surface area contributed by atoms with Gasteiger partial charge in [-0.05, 0) is 19.4 Å². The summed E-state index contributed by atoms with van der Waals surface area (Å²) in [5.74, 6) is -2.15. The molecule has 144 valence electrons. The Morgan fingerprint density at radius 2 is 1.96 bits per heavy atom. The molecule has 9 heteroatoms. The number of hydrogen-bond donors (Lipinski definition) is 4. The lowest BCUT2D eigenvalue weighted by atomic mass is 9.93. The maximum atomic E-state index is 12.2. The summed E-state index contributed by atoms with van der Waals surface area (Å²) in [5, 5.41) is 5.42. The van der Waals surface area contributed by atoms with Crippen LogP contribution in [0.15, 0.2) is 0 Å². The van der Waals surface area contributed by atoms with Gasteiger partial charge in [0.1, 0.15) is 5.00 Å². The van der Waals surface area contributed by atoms with Crippen molar-refractivity contribution in [3.63, 3.8) is 0 Å². The Kier molecular flexibility index (Phi) is 6.38. The van der Waals surface area contributed by atoms with E-state index in [9.17, 15) is 14.4 Å². The molecule has 0 aromatic carbocycles. The van der Waals surface area contributed by atoms with Gasteiger partial charge in [-0.25, -0.2) is 0 Å². The summed E-state index contributed by atoms with van der Waals surface area (Å²) in [7, 11) is 4.03. The van der Waals surface area contributed by atoms with E-state index in [-0.39, 0.29) is 5.56 Å². The lowest BCUT2D eigenvalue weighted by Gasteiger charge is -2.30. The zero-order valence-corrected chi connectivity index (χ0v) is 16.5. The molecule has 8 nitrogen and oxygen atoms in total. The maximum Gasteiger partial charge on any atom is 0.314 e. The van der Waals surface area contributed by atoms with Crippen LogP contribution < -0.4 is 21.3 Å². The average molecular weight is 383 g/mol. The smallest absolute Gasteiger partial charge is 0.314 e. The van der Waals surface area contributed by atoms with Crippen LogP contribution in [0, 0.1) is 0 Å². The number of nitrogens with one attached hydrogen (secondary N) is 3. The third-order valence-electron chi connectivity index (χ3n) is 4.11. The SMILES string of the molecule is C[NH+](C)CCCNC(=O)C(=O)Nc1sc2c(c1C(N)=O)CC(C)(C)OC2. The highest BCUT2D eigenvalue weighted by molar-refractivity contribution is 7.17. The highest BCUT2D eigenvalue weighted by Gasteiger charge is 2.33. The van der Waals surface area contributed by atoms with Gasteiger partial charge in [0.05, 0.1) is 38.4 Å². The number of thiophene rings is 1. The van der Waals surface area contributed by atoms with Gasteiger partial charge in [0.25, 0.3) is 5.91 Å². The second kappa shape index (κ2) is 8.15. The van der Waals surface area contributed by atoms with Gasteiger partial charge in [0.2, 0.25) is 0 Å². The van der Waals surface area contributed by atoms with Gasteiger partial charge in [0.15, 0.2) is 0 Å². The van der Waals surface area contributed by atoms with Gasteiger partial charge < -0.3 is 26.0 Å². The van der Waals surface area contributed by atoms with E-state index in [0.717, 1.165) is 23.4 Å². The highest BCUT2D eigenvalue weighted by atomic mass is 32.1. The Bertz CT molecular complexity index is 712. The van der Waals surface area contributed by atoms with Gasteiger partial charge >= 0.3 is 11.8 Å². The van der Waals surface area contributed by atoms with E-state index in [0.29, 0.717) is 24.6 Å². The Labute approximate surface area is 157 Å². The molecular weight excluding hydrogens is 356 g/mol. The van der Waals surface area contributed by atoms with E-state index in [1.165, 1.54) is 16.2 Å². The summed E-state index contributed by atoms with van der Waals surface area (Å²) in [4.78, 5) is 38.1. The number of carbonyl (C=O) groups excluding carboxylic acids is 3. The fraction of sp³-hybridized carbons (Fsp3) is 0.588. The predicted molar refractivity (Wildman–Crippen MR) is 99.3 cm³/mol. The molecule has 0 bridgehead atoms. The third kappa shape index (κ3) is 5.03. The first-order valence-electron chi connectivity index (χ1n) is 8.57. The maximum absolute atomic E-state index is 12.2. The van der Waals surface area contributed by atoms with Gasteiger partial charge in [0, 0.05) is 24.3 Å². The summed E-state index contributed by atoms with van der Waals surface area (Å²) in [6.07, 6.45) is 1.29. The van der Waals surface area contributed by atoms with Crippen molar-refractivity contribution >= 4 is 34.1 Å². The van der Waals surface area contributed by atoms with E-state index < -0.39 is 23.3 Å². The van der Waals surface area contributed by atoms with Crippen LogP contribution >= 0.6 is 11.3 Å². The fourth-order valence-electron chi connectivity index (χ4n) is 2.79. The quantitative estimate of drug-likeness (QED) is 0.384. The minimum Gasteiger partial charge on any atom is -0.370 e. The van der Waals surface area contributed by atoms with Crippen LogP contribution in [0.3, 0.4) is 0 Å². The molecule has 5 N–H and O–H groups in total. The summed E-state index contributed by atoms with van der Waals surface area (Å²) in [5.41, 5.74) is 6.18. The number of fused-ring (bicyclic) bond motifs is 1. The first kappa shape index (κ1) is 20.3. The van der Waals surface area contributed by atoms with Crippen LogP contribution in [0.1, 0.15) is 41.1 Å². The molecule has 1 aliphatic heterocycles. The molecule has 0 fully saturated rings. The number of amides is 3. The van der Waals surface area contributed by atoms with Gasteiger partial charge in [-0.2, -0.15) is 0 Å². The van der Waals surface area contributed by atoms with Crippen LogP contribution in [0.4, 0.5) is 5.00 Å². The zero-order chi connectivity index (χ0) is 19.5. The van der Waals surface area contributed by atoms with E-state index in [2.05, 4.69) is 10.6 Å². The lowest BCUT2D eigenvalue weighted by Crippen LogP contribution is -3.05. The van der Waals surface area contributed by atoms with Crippen LogP contribution in [0.25, 0.3) is 0 Å². The Balaban J connectivity index is 2.07. The van der Waals surface area contributed by atoms with Crippen molar-refractivity contribution in [3.8, 4) is 0 Å². The van der Waals surface area contributed by atoms with Crippen molar-refractivity contribution < 1.29 is 24.0 Å². The molecule has 0 saturated heterocycles. The normalized spacial score (nSPS) is 15.4. The summed E-state index contributed by atoms with van der Waals surface area (Å²) < 4.78 is 5.74. The van der Waals surface area contributed by atoms with Crippen molar-refractivity contribution in [2.24, 2.45) is 5.73 Å². The summed E-state index contributed by atoms with van der Waals surface area (Å²) >= 11 is 1.23. The third-order valence-corrected chi connectivity index (χ3v) is 5.23. The monoisotopic (exact) mass is 383 g/mol. The molecule has 1 aromatic rings. The molecule has 0 unspecified atom stereocenters. The minimum atomic E-state index is -0.802. The molecule has 0 saturated carbocycles. The topological polar surface area (TPSA) is 115 Å². The van der Waals surface area contributed by atoms with Gasteiger partial charge in [-0.1, -0.05) is 0 Å². The van der Waals surface area contributed by atoms with Crippen LogP contribution in [0.5, 0.6) is 0 Å². The number of anilines is 1. The van der Waals surface area contributed by atoms with E-state index in [4.69, 9.17) is 10.5 Å². The van der Waals surface area contributed by atoms with Crippen molar-refractivity contribution in [1.29, 1.82) is 0 Å². The predicted octanol–water partition coefficient (Wildman–Crippen LogP) is -0.712. The highest BCUT2D eigenvalue weighted by Crippen LogP contribution is 2.40. The van der Waals surface area contributed by atoms with Gasteiger partial charge in [-0.3, -0.25) is 14.4 Å². The molecular formula is C17H27N4O4S+. The molecule has 0 aliphatic carbocycles. The molecule has 26 heavy (non-hydrogen) atoms. The number of nitrogens with two attached hydrogens (primary N) is 1. The lowest BCUT2D eigenvalue weighted by molar-refractivity contribution is -0.858. The van der Waals surface area contributed by atoms with Crippen LogP contribution in [-0.2, 0) is 27.4 Å². The molecule has 2 heterocycles. The van der Waals surface area contributed by atoms with E-state index in [1.807, 2.05) is 27.9 Å². The zero-order valence-electron chi connectivity index (χ0n) is 15.7. The second-order valence-corrected chi connectivity index (χ2v) is 8.42.